The van der Waals surface area contributed by atoms with E-state index >= 15 is 0 Å². The monoisotopic (exact) mass is 351 g/mol. The number of hydrogen-bond acceptors (Lipinski definition) is 2. The SMILES string of the molecule is Cc1cccc(CN(CCC(=O)O)Cc2ccc(Cl)c(Cl)c2)c1. The Bertz CT molecular complexity index is 688. The topological polar surface area (TPSA) is 40.5 Å². The Morgan fingerprint density at radius 3 is 2.35 bits per heavy atom. The number of aryl methyl sites for hydroxylation is 1. The lowest BCUT2D eigenvalue weighted by Crippen LogP contribution is -2.25. The predicted molar refractivity (Wildman–Crippen MR) is 94.0 cm³/mol. The van der Waals surface area contributed by atoms with Crippen molar-refractivity contribution in [2.45, 2.75) is 26.4 Å². The van der Waals surface area contributed by atoms with Gasteiger partial charge in [0, 0.05) is 19.6 Å². The Morgan fingerprint density at radius 1 is 1.04 bits per heavy atom. The van der Waals surface area contributed by atoms with Crippen molar-refractivity contribution >= 4 is 29.2 Å². The number of halogens is 2. The summed E-state index contributed by atoms with van der Waals surface area (Å²) in [6.45, 7) is 3.83. The minimum absolute atomic E-state index is 0.104. The van der Waals surface area contributed by atoms with Gasteiger partial charge < -0.3 is 5.11 Å². The molecule has 0 atom stereocenters. The van der Waals surface area contributed by atoms with Crippen LogP contribution in [0.5, 0.6) is 0 Å². The summed E-state index contributed by atoms with van der Waals surface area (Å²) >= 11 is 12.0. The zero-order valence-corrected chi connectivity index (χ0v) is 14.4. The summed E-state index contributed by atoms with van der Waals surface area (Å²) in [4.78, 5) is 13.0. The van der Waals surface area contributed by atoms with Crippen LogP contribution >= 0.6 is 23.2 Å². The molecule has 0 saturated carbocycles. The number of rotatable bonds is 7. The van der Waals surface area contributed by atoms with E-state index in [4.69, 9.17) is 28.3 Å². The van der Waals surface area contributed by atoms with Gasteiger partial charge in [-0.3, -0.25) is 9.69 Å². The molecule has 0 aliphatic carbocycles. The molecule has 1 N–H and O–H groups in total. The van der Waals surface area contributed by atoms with Crippen molar-refractivity contribution < 1.29 is 9.90 Å². The smallest absolute Gasteiger partial charge is 0.304 e. The third-order valence-electron chi connectivity index (χ3n) is 3.52. The van der Waals surface area contributed by atoms with Crippen molar-refractivity contribution in [3.8, 4) is 0 Å². The fraction of sp³-hybridized carbons (Fsp3) is 0.278. The first-order valence-electron chi connectivity index (χ1n) is 7.37. The summed E-state index contributed by atoms with van der Waals surface area (Å²) in [5, 5.41) is 9.99. The summed E-state index contributed by atoms with van der Waals surface area (Å²) in [7, 11) is 0. The Morgan fingerprint density at radius 2 is 1.74 bits per heavy atom. The van der Waals surface area contributed by atoms with Gasteiger partial charge in [-0.1, -0.05) is 59.1 Å². The van der Waals surface area contributed by atoms with Crippen molar-refractivity contribution in [2.24, 2.45) is 0 Å². The molecule has 0 radical (unpaired) electrons. The maximum absolute atomic E-state index is 10.9. The van der Waals surface area contributed by atoms with Gasteiger partial charge >= 0.3 is 5.97 Å². The van der Waals surface area contributed by atoms with Gasteiger partial charge in [-0.15, -0.1) is 0 Å². The molecule has 0 spiro atoms. The van der Waals surface area contributed by atoms with Crippen LogP contribution in [0.2, 0.25) is 10.0 Å². The molecule has 2 aromatic rings. The molecule has 0 fully saturated rings. The minimum Gasteiger partial charge on any atom is -0.481 e. The van der Waals surface area contributed by atoms with E-state index in [2.05, 4.69) is 17.0 Å². The number of carboxylic acids is 1. The van der Waals surface area contributed by atoms with Crippen molar-refractivity contribution in [3.05, 3.63) is 69.2 Å². The third-order valence-corrected chi connectivity index (χ3v) is 4.26. The molecule has 0 aliphatic rings. The average molecular weight is 352 g/mol. The summed E-state index contributed by atoms with van der Waals surface area (Å²) in [5.74, 6) is -0.798. The van der Waals surface area contributed by atoms with Crippen LogP contribution in [0.15, 0.2) is 42.5 Å². The number of carboxylic acid groups (broad SMARTS) is 1. The van der Waals surface area contributed by atoms with Gasteiger partial charge in [0.2, 0.25) is 0 Å². The van der Waals surface area contributed by atoms with E-state index in [1.807, 2.05) is 31.2 Å². The predicted octanol–water partition coefficient (Wildman–Crippen LogP) is 4.78. The number of aliphatic carboxylic acids is 1. The Kier molecular flexibility index (Phi) is 6.46. The van der Waals surface area contributed by atoms with Crippen LogP contribution in [-0.4, -0.2) is 22.5 Å². The van der Waals surface area contributed by atoms with Gasteiger partial charge in [0.1, 0.15) is 0 Å². The zero-order valence-electron chi connectivity index (χ0n) is 12.9. The highest BCUT2D eigenvalue weighted by molar-refractivity contribution is 6.42. The van der Waals surface area contributed by atoms with E-state index in [1.165, 1.54) is 5.56 Å². The molecule has 0 bridgehead atoms. The standard InChI is InChI=1S/C18H19Cl2NO2/c1-13-3-2-4-14(9-13)11-21(8-7-18(22)23)12-15-5-6-16(19)17(20)10-15/h2-6,9-10H,7-8,11-12H2,1H3,(H,22,23). The maximum atomic E-state index is 10.9. The van der Waals surface area contributed by atoms with Crippen molar-refractivity contribution in [1.82, 2.24) is 4.90 Å². The summed E-state index contributed by atoms with van der Waals surface area (Å²) in [5.41, 5.74) is 3.36. The number of nitrogens with zero attached hydrogens (tertiary/aromatic N) is 1. The highest BCUT2D eigenvalue weighted by Gasteiger charge is 2.11. The fourth-order valence-electron chi connectivity index (χ4n) is 2.43. The Hall–Kier alpha value is -1.55. The molecule has 0 amide bonds. The summed E-state index contributed by atoms with van der Waals surface area (Å²) in [6.07, 6.45) is 0.104. The molecule has 0 unspecified atom stereocenters. The molecule has 2 aromatic carbocycles. The third kappa shape index (κ3) is 5.87. The van der Waals surface area contributed by atoms with Crippen LogP contribution in [0.1, 0.15) is 23.1 Å². The van der Waals surface area contributed by atoms with Gasteiger partial charge in [-0.05, 0) is 30.2 Å². The second-order valence-corrected chi connectivity index (χ2v) is 6.41. The highest BCUT2D eigenvalue weighted by atomic mass is 35.5. The van der Waals surface area contributed by atoms with Gasteiger partial charge in [0.25, 0.3) is 0 Å². The molecule has 0 heterocycles. The first-order valence-corrected chi connectivity index (χ1v) is 8.13. The van der Waals surface area contributed by atoms with E-state index < -0.39 is 5.97 Å². The molecular weight excluding hydrogens is 333 g/mol. The molecule has 0 aromatic heterocycles. The Balaban J connectivity index is 2.12. The van der Waals surface area contributed by atoms with Crippen LogP contribution in [0.25, 0.3) is 0 Å². The highest BCUT2D eigenvalue weighted by Crippen LogP contribution is 2.23. The molecule has 122 valence electrons. The lowest BCUT2D eigenvalue weighted by atomic mass is 10.1. The lowest BCUT2D eigenvalue weighted by molar-refractivity contribution is -0.137. The van der Waals surface area contributed by atoms with E-state index in [0.717, 1.165) is 11.1 Å². The molecule has 0 saturated heterocycles. The molecule has 23 heavy (non-hydrogen) atoms. The van der Waals surface area contributed by atoms with E-state index in [9.17, 15) is 4.79 Å². The van der Waals surface area contributed by atoms with E-state index in [-0.39, 0.29) is 6.42 Å². The second-order valence-electron chi connectivity index (χ2n) is 5.59. The zero-order chi connectivity index (χ0) is 16.8. The maximum Gasteiger partial charge on any atom is 0.304 e. The largest absolute Gasteiger partial charge is 0.481 e. The van der Waals surface area contributed by atoms with Crippen molar-refractivity contribution in [1.29, 1.82) is 0 Å². The summed E-state index contributed by atoms with van der Waals surface area (Å²) < 4.78 is 0. The lowest BCUT2D eigenvalue weighted by Gasteiger charge is -2.22. The van der Waals surface area contributed by atoms with Gasteiger partial charge in [0.15, 0.2) is 0 Å². The first kappa shape index (κ1) is 17.8. The second kappa shape index (κ2) is 8.34. The van der Waals surface area contributed by atoms with E-state index in [1.54, 1.807) is 6.07 Å². The quantitative estimate of drug-likeness (QED) is 0.780. The van der Waals surface area contributed by atoms with Crippen molar-refractivity contribution in [2.75, 3.05) is 6.54 Å². The molecule has 0 aliphatic heterocycles. The number of benzene rings is 2. The van der Waals surface area contributed by atoms with Crippen LogP contribution in [-0.2, 0) is 17.9 Å². The summed E-state index contributed by atoms with van der Waals surface area (Å²) in [6, 6.07) is 13.7. The first-order chi connectivity index (χ1) is 10.9. The minimum atomic E-state index is -0.798. The normalized spacial score (nSPS) is 11.0. The Labute approximate surface area is 146 Å². The van der Waals surface area contributed by atoms with Gasteiger partial charge in [0.05, 0.1) is 16.5 Å². The van der Waals surface area contributed by atoms with Crippen LogP contribution < -0.4 is 0 Å². The van der Waals surface area contributed by atoms with Crippen LogP contribution in [0, 0.1) is 6.92 Å². The fourth-order valence-corrected chi connectivity index (χ4v) is 2.75. The van der Waals surface area contributed by atoms with Crippen molar-refractivity contribution in [3.63, 3.8) is 0 Å². The van der Waals surface area contributed by atoms with E-state index in [0.29, 0.717) is 29.7 Å². The number of carbonyl (C=O) groups is 1. The van der Waals surface area contributed by atoms with Crippen LogP contribution in [0.3, 0.4) is 0 Å². The van der Waals surface area contributed by atoms with Gasteiger partial charge in [-0.2, -0.15) is 0 Å². The van der Waals surface area contributed by atoms with Gasteiger partial charge in [-0.25, -0.2) is 0 Å². The molecule has 5 heteroatoms. The molecular formula is C18H19Cl2NO2. The molecule has 2 rings (SSSR count). The average Bonchev–Trinajstić information content (AvgIpc) is 2.48. The van der Waals surface area contributed by atoms with Crippen LogP contribution in [0.4, 0.5) is 0 Å². The number of hydrogen-bond donors (Lipinski definition) is 1. The molecule has 3 nitrogen and oxygen atoms in total.